The van der Waals surface area contributed by atoms with Gasteiger partial charge < -0.3 is 79.5 Å². The standard InChI is InChI=1S/C24H42O17/c1-2-3-4-5-13(27)36-7-11-14(28)17(31)19(33)22(38-11)37-8-12-15(29)18(32)20(34)23(39-12)41-24(9-26)21(35)16(30)10(6-25)40-24/h10-12,14-23,25-26,28-35H,2-9H2,1H3/t10-,11-,12-,14+,15-,16-,17+,18+,19-,20-,21+,22?,23?,24+/m1/s1. The lowest BCUT2D eigenvalue weighted by Gasteiger charge is -2.44. The summed E-state index contributed by atoms with van der Waals surface area (Å²) in [6, 6.07) is 0. The normalized spacial score (nSPS) is 45.1. The van der Waals surface area contributed by atoms with Crippen LogP contribution in [-0.2, 0) is 33.2 Å². The molecule has 3 fully saturated rings. The van der Waals surface area contributed by atoms with Crippen LogP contribution in [0.1, 0.15) is 32.6 Å². The van der Waals surface area contributed by atoms with Gasteiger partial charge in [-0.15, -0.1) is 0 Å². The van der Waals surface area contributed by atoms with E-state index in [2.05, 4.69) is 0 Å². The van der Waals surface area contributed by atoms with Crippen molar-refractivity contribution in [2.24, 2.45) is 0 Å². The summed E-state index contributed by atoms with van der Waals surface area (Å²) in [7, 11) is 0. The lowest BCUT2D eigenvalue weighted by molar-refractivity contribution is -0.388. The third-order valence-corrected chi connectivity index (χ3v) is 7.38. The topological polar surface area (TPSA) is 275 Å². The van der Waals surface area contributed by atoms with Crippen LogP contribution in [0.4, 0.5) is 0 Å². The van der Waals surface area contributed by atoms with Gasteiger partial charge in [-0.3, -0.25) is 4.79 Å². The maximum absolute atomic E-state index is 11.9. The molecule has 0 saturated carbocycles. The van der Waals surface area contributed by atoms with Gasteiger partial charge in [-0.2, -0.15) is 0 Å². The Kier molecular flexibility index (Phi) is 12.6. The summed E-state index contributed by atoms with van der Waals surface area (Å²) in [5, 5.41) is 102. The number of aliphatic hydroxyl groups is 10. The predicted molar refractivity (Wildman–Crippen MR) is 129 cm³/mol. The first-order chi connectivity index (χ1) is 19.4. The van der Waals surface area contributed by atoms with E-state index < -0.39 is 118 Å². The molecule has 0 spiro atoms. The van der Waals surface area contributed by atoms with Crippen LogP contribution in [0.25, 0.3) is 0 Å². The number of unbranched alkanes of at least 4 members (excludes halogenated alkanes) is 2. The number of carbonyl (C=O) groups excluding carboxylic acids is 1. The molecule has 0 amide bonds. The summed E-state index contributed by atoms with van der Waals surface area (Å²) >= 11 is 0. The first kappa shape index (κ1) is 34.4. The molecular formula is C24H42O17. The molecule has 2 unspecified atom stereocenters. The number of hydrogen-bond donors (Lipinski definition) is 10. The smallest absolute Gasteiger partial charge is 0.305 e. The van der Waals surface area contributed by atoms with Crippen molar-refractivity contribution in [3.63, 3.8) is 0 Å². The first-order valence-corrected chi connectivity index (χ1v) is 13.5. The van der Waals surface area contributed by atoms with Gasteiger partial charge in [-0.25, -0.2) is 0 Å². The predicted octanol–water partition coefficient (Wildman–Crippen LogP) is -5.44. The Morgan fingerprint density at radius 2 is 1.32 bits per heavy atom. The molecule has 240 valence electrons. The van der Waals surface area contributed by atoms with Gasteiger partial charge in [-0.1, -0.05) is 19.8 Å². The van der Waals surface area contributed by atoms with Crippen LogP contribution >= 0.6 is 0 Å². The lowest BCUT2D eigenvalue weighted by atomic mass is 9.98. The van der Waals surface area contributed by atoms with Crippen molar-refractivity contribution in [2.75, 3.05) is 26.4 Å². The number of carbonyl (C=O) groups is 1. The van der Waals surface area contributed by atoms with Crippen LogP contribution in [-0.4, -0.2) is 169 Å². The molecule has 0 aliphatic carbocycles. The largest absolute Gasteiger partial charge is 0.463 e. The zero-order chi connectivity index (χ0) is 30.5. The van der Waals surface area contributed by atoms with Crippen molar-refractivity contribution >= 4 is 5.97 Å². The summed E-state index contributed by atoms with van der Waals surface area (Å²) in [5.41, 5.74) is 0. The zero-order valence-corrected chi connectivity index (χ0v) is 22.5. The van der Waals surface area contributed by atoms with Crippen LogP contribution < -0.4 is 0 Å². The molecule has 14 atom stereocenters. The van der Waals surface area contributed by atoms with E-state index in [9.17, 15) is 55.9 Å². The number of rotatable bonds is 13. The van der Waals surface area contributed by atoms with Gasteiger partial charge in [0.1, 0.15) is 80.4 Å². The van der Waals surface area contributed by atoms with E-state index in [-0.39, 0.29) is 6.42 Å². The molecule has 0 aromatic carbocycles. The maximum Gasteiger partial charge on any atom is 0.305 e. The molecule has 0 aromatic rings. The van der Waals surface area contributed by atoms with E-state index in [1.54, 1.807) is 0 Å². The minimum absolute atomic E-state index is 0.148. The average molecular weight is 603 g/mol. The van der Waals surface area contributed by atoms with Gasteiger partial charge >= 0.3 is 5.97 Å². The molecule has 41 heavy (non-hydrogen) atoms. The molecule has 0 radical (unpaired) electrons. The van der Waals surface area contributed by atoms with Crippen molar-refractivity contribution in [2.45, 2.75) is 118 Å². The first-order valence-electron chi connectivity index (χ1n) is 13.5. The average Bonchev–Trinajstić information content (AvgIpc) is 3.20. The Morgan fingerprint density at radius 3 is 1.88 bits per heavy atom. The Bertz CT molecular complexity index is 819. The van der Waals surface area contributed by atoms with Crippen molar-refractivity contribution < 1.29 is 84.3 Å². The van der Waals surface area contributed by atoms with E-state index in [0.717, 1.165) is 12.8 Å². The van der Waals surface area contributed by atoms with Crippen LogP contribution in [0.3, 0.4) is 0 Å². The summed E-state index contributed by atoms with van der Waals surface area (Å²) < 4.78 is 32.2. The molecule has 17 heteroatoms. The second-order valence-electron chi connectivity index (χ2n) is 10.4. The number of ether oxygens (including phenoxy) is 6. The summed E-state index contributed by atoms with van der Waals surface area (Å²) in [6.45, 7) is -0.961. The van der Waals surface area contributed by atoms with Crippen LogP contribution in [0.15, 0.2) is 0 Å². The molecule has 17 nitrogen and oxygen atoms in total. The molecule has 10 N–H and O–H groups in total. The third kappa shape index (κ3) is 7.69. The van der Waals surface area contributed by atoms with E-state index in [1.807, 2.05) is 6.92 Å². The van der Waals surface area contributed by atoms with E-state index >= 15 is 0 Å². The van der Waals surface area contributed by atoms with E-state index in [1.165, 1.54) is 0 Å². The van der Waals surface area contributed by atoms with Gasteiger partial charge in [0.15, 0.2) is 12.6 Å². The Labute approximate surface area is 235 Å². The molecule has 0 aromatic heterocycles. The Morgan fingerprint density at radius 1 is 0.732 bits per heavy atom. The van der Waals surface area contributed by atoms with Gasteiger partial charge in [0.25, 0.3) is 0 Å². The molecule has 3 saturated heterocycles. The van der Waals surface area contributed by atoms with Crippen molar-refractivity contribution in [1.29, 1.82) is 0 Å². The van der Waals surface area contributed by atoms with Gasteiger partial charge in [0.05, 0.1) is 13.2 Å². The highest BCUT2D eigenvalue weighted by Gasteiger charge is 2.58. The summed E-state index contributed by atoms with van der Waals surface area (Å²) in [4.78, 5) is 11.9. The summed E-state index contributed by atoms with van der Waals surface area (Å²) in [5.74, 6) is -2.92. The van der Waals surface area contributed by atoms with Gasteiger partial charge in [0.2, 0.25) is 5.79 Å². The van der Waals surface area contributed by atoms with E-state index in [0.29, 0.717) is 6.42 Å². The molecular weight excluding hydrogens is 560 g/mol. The van der Waals surface area contributed by atoms with Crippen LogP contribution in [0, 0.1) is 0 Å². The second-order valence-corrected chi connectivity index (χ2v) is 10.4. The lowest BCUT2D eigenvalue weighted by Crippen LogP contribution is -2.63. The SMILES string of the molecule is CCCCCC(=O)OC[C@H]1OC(OC[C@H]2OC(O[C@]3(CO)O[C@H](CO)[C@@H](O)[C@@H]3O)[C@H](O)[C@@H](O)[C@@H]2O)[C@H](O)[C@@H](O)[C@H]1O. The fourth-order valence-electron chi connectivity index (χ4n) is 4.77. The van der Waals surface area contributed by atoms with Crippen molar-refractivity contribution in [1.82, 2.24) is 0 Å². The van der Waals surface area contributed by atoms with Gasteiger partial charge in [0, 0.05) is 6.42 Å². The van der Waals surface area contributed by atoms with E-state index in [4.69, 9.17) is 28.4 Å². The fraction of sp³-hybridized carbons (Fsp3) is 0.958. The second kappa shape index (κ2) is 15.0. The highest BCUT2D eigenvalue weighted by molar-refractivity contribution is 5.69. The maximum atomic E-state index is 11.9. The Hall–Kier alpha value is -1.13. The minimum atomic E-state index is -2.38. The highest BCUT2D eigenvalue weighted by Crippen LogP contribution is 2.36. The monoisotopic (exact) mass is 602 g/mol. The highest BCUT2D eigenvalue weighted by atomic mass is 16.8. The number of esters is 1. The van der Waals surface area contributed by atoms with Gasteiger partial charge in [-0.05, 0) is 6.42 Å². The minimum Gasteiger partial charge on any atom is -0.463 e. The third-order valence-electron chi connectivity index (χ3n) is 7.38. The number of hydrogen-bond acceptors (Lipinski definition) is 17. The molecule has 3 heterocycles. The van der Waals surface area contributed by atoms with Crippen LogP contribution in [0.5, 0.6) is 0 Å². The van der Waals surface area contributed by atoms with Crippen LogP contribution in [0.2, 0.25) is 0 Å². The quantitative estimate of drug-likeness (QED) is 0.0695. The molecule has 3 aliphatic heterocycles. The molecule has 0 bridgehead atoms. The van der Waals surface area contributed by atoms with Crippen molar-refractivity contribution in [3.8, 4) is 0 Å². The zero-order valence-electron chi connectivity index (χ0n) is 22.5. The fourth-order valence-corrected chi connectivity index (χ4v) is 4.77. The summed E-state index contributed by atoms with van der Waals surface area (Å²) in [6.07, 6.45) is -19.6. The Balaban J connectivity index is 1.63. The molecule has 3 aliphatic rings. The van der Waals surface area contributed by atoms with Crippen molar-refractivity contribution in [3.05, 3.63) is 0 Å². The number of aliphatic hydroxyl groups excluding tert-OH is 10. The molecule has 3 rings (SSSR count).